The highest BCUT2D eigenvalue weighted by atomic mass is 32.1. The van der Waals surface area contributed by atoms with Gasteiger partial charge in [-0.25, -0.2) is 0 Å². The van der Waals surface area contributed by atoms with E-state index in [1.54, 1.807) is 30.9 Å². The number of aromatic amines is 2. The van der Waals surface area contributed by atoms with Crippen molar-refractivity contribution in [2.75, 3.05) is 5.32 Å². The van der Waals surface area contributed by atoms with Gasteiger partial charge in [0.05, 0.1) is 34.8 Å². The van der Waals surface area contributed by atoms with E-state index in [2.05, 4.69) is 36.5 Å². The molecule has 1 aliphatic carbocycles. The van der Waals surface area contributed by atoms with Gasteiger partial charge in [0.1, 0.15) is 5.69 Å². The summed E-state index contributed by atoms with van der Waals surface area (Å²) in [7, 11) is 0. The van der Waals surface area contributed by atoms with Gasteiger partial charge in [-0.3, -0.25) is 19.9 Å². The van der Waals surface area contributed by atoms with Crippen LogP contribution in [0, 0.1) is 11.0 Å². The van der Waals surface area contributed by atoms with Crippen molar-refractivity contribution in [3.8, 4) is 33.0 Å². The van der Waals surface area contributed by atoms with Crippen LogP contribution < -0.4 is 5.32 Å². The summed E-state index contributed by atoms with van der Waals surface area (Å²) < 4.78 is 13.7. The molecule has 182 valence electrons. The Bertz CT molecular complexity index is 1800. The van der Waals surface area contributed by atoms with Crippen LogP contribution in [0.4, 0.5) is 10.1 Å². The number of benzene rings is 1. The smallest absolute Gasteiger partial charge is 0.227 e. The number of hydrogen-bond donors (Lipinski definition) is 3. The van der Waals surface area contributed by atoms with E-state index >= 15 is 0 Å². The Kier molecular flexibility index (Phi) is 5.10. The third-order valence-corrected chi connectivity index (χ3v) is 7.92. The van der Waals surface area contributed by atoms with Crippen LogP contribution in [0.1, 0.15) is 19.3 Å². The Morgan fingerprint density at radius 2 is 1.84 bits per heavy atom. The highest BCUT2D eigenvalue weighted by Crippen LogP contribution is 2.37. The summed E-state index contributed by atoms with van der Waals surface area (Å²) in [6.45, 7) is 0. The van der Waals surface area contributed by atoms with Gasteiger partial charge in [0.2, 0.25) is 5.91 Å². The molecule has 0 unspecified atom stereocenters. The molecule has 1 fully saturated rings. The zero-order chi connectivity index (χ0) is 24.9. The van der Waals surface area contributed by atoms with Crippen LogP contribution in [-0.2, 0) is 4.79 Å². The highest BCUT2D eigenvalue weighted by molar-refractivity contribution is 7.14. The minimum Gasteiger partial charge on any atom is -0.352 e. The van der Waals surface area contributed by atoms with Crippen molar-refractivity contribution in [3.05, 3.63) is 72.4 Å². The summed E-state index contributed by atoms with van der Waals surface area (Å²) in [5.41, 5.74) is 6.82. The molecular formula is C28H21FN6OS. The first-order valence-electron chi connectivity index (χ1n) is 12.1. The number of aromatic nitrogens is 5. The fourth-order valence-electron chi connectivity index (χ4n) is 4.81. The molecule has 6 aromatic rings. The Morgan fingerprint density at radius 3 is 2.65 bits per heavy atom. The van der Waals surface area contributed by atoms with Crippen molar-refractivity contribution in [3.63, 3.8) is 0 Å². The Labute approximate surface area is 214 Å². The maximum absolute atomic E-state index is 13.7. The van der Waals surface area contributed by atoms with Gasteiger partial charge >= 0.3 is 0 Å². The minimum atomic E-state index is -0.227. The minimum absolute atomic E-state index is 0.0655. The monoisotopic (exact) mass is 508 g/mol. The standard InChI is InChI=1S/C28H21FN6OS/c29-26-7-6-25(37-26)21-13-31-14-24-19(21)10-23(33-24)27-20-9-16(4-5-22(20)34-35-27)17-8-18(12-30-11-17)32-28(36)15-2-1-3-15/h4-15,33H,1-3H2,(H,32,36)(H,34,35). The van der Waals surface area contributed by atoms with E-state index in [4.69, 9.17) is 0 Å². The van der Waals surface area contributed by atoms with Crippen LogP contribution in [0.3, 0.4) is 0 Å². The Morgan fingerprint density at radius 1 is 0.946 bits per heavy atom. The molecule has 0 spiro atoms. The number of halogens is 1. The van der Waals surface area contributed by atoms with Gasteiger partial charge in [-0.2, -0.15) is 9.49 Å². The average Bonchev–Trinajstić information content (AvgIpc) is 3.60. The number of anilines is 1. The summed E-state index contributed by atoms with van der Waals surface area (Å²) >= 11 is 1.10. The zero-order valence-corrected chi connectivity index (χ0v) is 20.4. The van der Waals surface area contributed by atoms with Crippen molar-refractivity contribution in [2.45, 2.75) is 19.3 Å². The predicted octanol–water partition coefficient (Wildman–Crippen LogP) is 6.77. The maximum atomic E-state index is 13.7. The van der Waals surface area contributed by atoms with Crippen molar-refractivity contribution >= 4 is 44.7 Å². The number of thiophene rings is 1. The van der Waals surface area contributed by atoms with Crippen LogP contribution in [-0.4, -0.2) is 31.1 Å². The van der Waals surface area contributed by atoms with E-state index in [1.807, 2.05) is 24.3 Å². The van der Waals surface area contributed by atoms with Crippen LogP contribution in [0.5, 0.6) is 0 Å². The van der Waals surface area contributed by atoms with E-state index in [-0.39, 0.29) is 17.0 Å². The molecule has 1 aliphatic rings. The zero-order valence-electron chi connectivity index (χ0n) is 19.6. The van der Waals surface area contributed by atoms with Gasteiger partial charge in [0.15, 0.2) is 5.13 Å². The average molecular weight is 509 g/mol. The second kappa shape index (κ2) is 8.63. The number of carbonyl (C=O) groups excluding carboxylic acids is 1. The van der Waals surface area contributed by atoms with Crippen LogP contribution in [0.25, 0.3) is 54.8 Å². The lowest BCUT2D eigenvalue weighted by Crippen LogP contribution is -2.28. The number of nitrogens with zero attached hydrogens (tertiary/aromatic N) is 3. The summed E-state index contributed by atoms with van der Waals surface area (Å²) in [5.74, 6) is 0.176. The van der Waals surface area contributed by atoms with Crippen molar-refractivity contribution in [1.82, 2.24) is 25.1 Å². The molecule has 7 rings (SSSR count). The Hall–Kier alpha value is -4.37. The molecule has 1 aromatic carbocycles. The number of nitrogens with one attached hydrogen (secondary N) is 3. The van der Waals surface area contributed by atoms with Gasteiger partial charge < -0.3 is 10.3 Å². The van der Waals surface area contributed by atoms with Crippen LogP contribution >= 0.6 is 11.3 Å². The lowest BCUT2D eigenvalue weighted by molar-refractivity contribution is -0.122. The number of carbonyl (C=O) groups is 1. The van der Waals surface area contributed by atoms with E-state index in [0.29, 0.717) is 5.69 Å². The van der Waals surface area contributed by atoms with E-state index in [0.717, 1.165) is 85.4 Å². The lowest BCUT2D eigenvalue weighted by atomic mass is 9.85. The van der Waals surface area contributed by atoms with Gasteiger partial charge in [0, 0.05) is 45.1 Å². The topological polar surface area (TPSA) is 99.3 Å². The number of fused-ring (bicyclic) bond motifs is 2. The summed E-state index contributed by atoms with van der Waals surface area (Å²) in [5, 5.41) is 12.4. The lowest BCUT2D eigenvalue weighted by Gasteiger charge is -2.24. The van der Waals surface area contributed by atoms with Crippen LogP contribution in [0.2, 0.25) is 0 Å². The first kappa shape index (κ1) is 21.9. The molecule has 37 heavy (non-hydrogen) atoms. The summed E-state index contributed by atoms with van der Waals surface area (Å²) in [4.78, 5) is 25.4. The van der Waals surface area contributed by atoms with Gasteiger partial charge in [-0.15, -0.1) is 11.3 Å². The number of pyridine rings is 2. The van der Waals surface area contributed by atoms with Crippen molar-refractivity contribution in [2.24, 2.45) is 5.92 Å². The molecule has 7 nitrogen and oxygen atoms in total. The number of hydrogen-bond acceptors (Lipinski definition) is 5. The molecule has 5 aromatic heterocycles. The molecule has 9 heteroatoms. The van der Waals surface area contributed by atoms with Crippen molar-refractivity contribution in [1.29, 1.82) is 0 Å². The largest absolute Gasteiger partial charge is 0.352 e. The third-order valence-electron chi connectivity index (χ3n) is 7.02. The second-order valence-electron chi connectivity index (χ2n) is 9.35. The van der Waals surface area contributed by atoms with Crippen molar-refractivity contribution < 1.29 is 9.18 Å². The van der Waals surface area contributed by atoms with Crippen LogP contribution in [0.15, 0.2) is 67.3 Å². The fraction of sp³-hybridized carbons (Fsp3) is 0.143. The molecule has 0 bridgehead atoms. The quantitative estimate of drug-likeness (QED) is 0.239. The van der Waals surface area contributed by atoms with E-state index in [1.165, 1.54) is 6.07 Å². The molecule has 5 heterocycles. The third kappa shape index (κ3) is 3.88. The summed E-state index contributed by atoms with van der Waals surface area (Å²) in [6.07, 6.45) is 10.0. The van der Waals surface area contributed by atoms with E-state index < -0.39 is 0 Å². The molecular weight excluding hydrogens is 487 g/mol. The molecule has 0 atom stereocenters. The molecule has 0 radical (unpaired) electrons. The normalized spacial score (nSPS) is 13.8. The molecule has 0 saturated heterocycles. The predicted molar refractivity (Wildman–Crippen MR) is 144 cm³/mol. The highest BCUT2D eigenvalue weighted by Gasteiger charge is 2.25. The first-order chi connectivity index (χ1) is 18.1. The maximum Gasteiger partial charge on any atom is 0.227 e. The number of H-pyrrole nitrogens is 2. The van der Waals surface area contributed by atoms with Gasteiger partial charge in [-0.05, 0) is 54.8 Å². The number of rotatable bonds is 5. The molecule has 3 N–H and O–H groups in total. The van der Waals surface area contributed by atoms with E-state index in [9.17, 15) is 9.18 Å². The fourth-order valence-corrected chi connectivity index (χ4v) is 5.57. The number of amides is 1. The van der Waals surface area contributed by atoms with Gasteiger partial charge in [0.25, 0.3) is 0 Å². The molecule has 1 saturated carbocycles. The second-order valence-corrected chi connectivity index (χ2v) is 10.4. The Balaban J connectivity index is 1.26. The first-order valence-corrected chi connectivity index (χ1v) is 12.9. The molecule has 0 aliphatic heterocycles. The SMILES string of the molecule is O=C(Nc1cncc(-c2ccc3[nH]nc(-c4cc5c(-c6ccc(F)s6)cncc5[nH]4)c3c2)c1)C1CCC1. The van der Waals surface area contributed by atoms with Gasteiger partial charge in [-0.1, -0.05) is 12.5 Å². The summed E-state index contributed by atoms with van der Waals surface area (Å²) in [6, 6.07) is 13.3. The molecule has 1 amide bonds.